The largest absolute Gasteiger partial charge is 0.459 e. The first-order valence-corrected chi connectivity index (χ1v) is 9.06. The summed E-state index contributed by atoms with van der Waals surface area (Å²) in [5, 5.41) is 5.95. The van der Waals surface area contributed by atoms with Crippen molar-refractivity contribution >= 4 is 17.6 Å². The first-order valence-electron chi connectivity index (χ1n) is 9.06. The minimum atomic E-state index is -0.451. The van der Waals surface area contributed by atoms with E-state index in [2.05, 4.69) is 15.6 Å². The number of rotatable bonds is 5. The molecule has 1 aromatic heterocycles. The molecule has 0 radical (unpaired) electrons. The molecule has 1 amide bonds. The number of hydrogen-bond acceptors (Lipinski definition) is 4. The van der Waals surface area contributed by atoms with Gasteiger partial charge >= 0.3 is 0 Å². The normalized spacial score (nSPS) is 14.9. The fraction of sp³-hybridized carbons (Fsp3) is 0.368. The third kappa shape index (κ3) is 4.79. The maximum absolute atomic E-state index is 13.9. The highest BCUT2D eigenvalue weighted by Crippen LogP contribution is 2.21. The van der Waals surface area contributed by atoms with Crippen molar-refractivity contribution in [3.8, 4) is 0 Å². The van der Waals surface area contributed by atoms with Crippen LogP contribution in [0.25, 0.3) is 0 Å². The Morgan fingerprint density at radius 2 is 1.89 bits per heavy atom. The van der Waals surface area contributed by atoms with Gasteiger partial charge in [0, 0.05) is 52.4 Å². The molecular weight excluding hydrogens is 368 g/mol. The third-order valence-corrected chi connectivity index (χ3v) is 4.48. The van der Waals surface area contributed by atoms with Crippen LogP contribution in [0.4, 0.5) is 14.5 Å². The lowest BCUT2D eigenvalue weighted by Crippen LogP contribution is -2.53. The zero-order valence-corrected chi connectivity index (χ0v) is 15.6. The second kappa shape index (κ2) is 9.20. The average Bonchev–Trinajstić information content (AvgIpc) is 3.25. The quantitative estimate of drug-likeness (QED) is 0.461. The molecule has 0 bridgehead atoms. The summed E-state index contributed by atoms with van der Waals surface area (Å²) in [6.07, 6.45) is 1.45. The monoisotopic (exact) mass is 391 g/mol. The van der Waals surface area contributed by atoms with Crippen LogP contribution in [-0.2, 0) is 0 Å². The Balaban J connectivity index is 1.44. The van der Waals surface area contributed by atoms with Crippen molar-refractivity contribution in [3.63, 3.8) is 0 Å². The van der Waals surface area contributed by atoms with Crippen LogP contribution in [0.3, 0.4) is 0 Å². The van der Waals surface area contributed by atoms with E-state index in [9.17, 15) is 13.6 Å². The molecule has 1 aromatic carbocycles. The Morgan fingerprint density at radius 3 is 2.57 bits per heavy atom. The van der Waals surface area contributed by atoms with Crippen molar-refractivity contribution in [2.75, 3.05) is 51.2 Å². The van der Waals surface area contributed by atoms with Gasteiger partial charge in [0.25, 0.3) is 5.91 Å². The van der Waals surface area contributed by atoms with E-state index in [0.29, 0.717) is 45.2 Å². The molecule has 1 aliphatic rings. The molecule has 0 saturated carbocycles. The van der Waals surface area contributed by atoms with Gasteiger partial charge in [-0.05, 0) is 24.3 Å². The lowest BCUT2D eigenvalue weighted by Gasteiger charge is -2.37. The average molecular weight is 391 g/mol. The Kier molecular flexibility index (Phi) is 6.46. The van der Waals surface area contributed by atoms with Gasteiger partial charge in [-0.1, -0.05) is 0 Å². The summed E-state index contributed by atoms with van der Waals surface area (Å²) in [5.74, 6) is -0.179. The van der Waals surface area contributed by atoms with Crippen LogP contribution in [0, 0.1) is 11.6 Å². The first-order chi connectivity index (χ1) is 13.6. The number of hydrogen-bond donors (Lipinski definition) is 2. The summed E-state index contributed by atoms with van der Waals surface area (Å²) in [7, 11) is 1.68. The standard InChI is InChI=1S/C19H23F2N5O2/c1-22-19(24-7-6-23-18(27)17-3-2-12-28-17)26-10-8-25(9-11-26)16-13-14(20)4-5-15(16)21/h2-5,12-13H,6-11H2,1H3,(H,22,24)(H,23,27). The fourth-order valence-electron chi connectivity index (χ4n) is 3.06. The van der Waals surface area contributed by atoms with Gasteiger partial charge < -0.3 is 24.9 Å². The van der Waals surface area contributed by atoms with E-state index < -0.39 is 11.6 Å². The molecule has 2 aromatic rings. The van der Waals surface area contributed by atoms with Crippen LogP contribution in [0.5, 0.6) is 0 Å². The van der Waals surface area contributed by atoms with Crippen LogP contribution < -0.4 is 15.5 Å². The fourth-order valence-corrected chi connectivity index (χ4v) is 3.06. The molecule has 28 heavy (non-hydrogen) atoms. The lowest BCUT2D eigenvalue weighted by molar-refractivity contribution is 0.0926. The van der Waals surface area contributed by atoms with Crippen molar-refractivity contribution in [1.82, 2.24) is 15.5 Å². The van der Waals surface area contributed by atoms with Crippen molar-refractivity contribution in [2.45, 2.75) is 0 Å². The second-order valence-electron chi connectivity index (χ2n) is 6.28. The highest BCUT2D eigenvalue weighted by molar-refractivity contribution is 5.91. The van der Waals surface area contributed by atoms with Crippen molar-refractivity contribution in [1.29, 1.82) is 0 Å². The van der Waals surface area contributed by atoms with Crippen LogP contribution in [0.1, 0.15) is 10.6 Å². The topological polar surface area (TPSA) is 73.1 Å². The van der Waals surface area contributed by atoms with Crippen LogP contribution in [0.2, 0.25) is 0 Å². The van der Waals surface area contributed by atoms with Gasteiger partial charge in [0.15, 0.2) is 11.7 Å². The lowest BCUT2D eigenvalue weighted by atomic mass is 10.2. The number of piperazine rings is 1. The van der Waals surface area contributed by atoms with Crippen molar-refractivity contribution in [2.24, 2.45) is 4.99 Å². The molecule has 3 rings (SSSR count). The molecule has 9 heteroatoms. The maximum Gasteiger partial charge on any atom is 0.287 e. The molecule has 1 saturated heterocycles. The maximum atomic E-state index is 13.9. The van der Waals surface area contributed by atoms with Crippen LogP contribution in [-0.4, -0.2) is 63.1 Å². The summed E-state index contributed by atoms with van der Waals surface area (Å²) < 4.78 is 32.4. The van der Waals surface area contributed by atoms with E-state index in [4.69, 9.17) is 4.42 Å². The van der Waals surface area contributed by atoms with Gasteiger partial charge in [0.2, 0.25) is 0 Å². The Bertz CT molecular complexity index is 818. The summed E-state index contributed by atoms with van der Waals surface area (Å²) in [5.41, 5.74) is 0.281. The number of anilines is 1. The molecule has 1 aliphatic heterocycles. The molecule has 2 N–H and O–H groups in total. The minimum absolute atomic E-state index is 0.269. The number of guanidine groups is 1. The first kappa shape index (κ1) is 19.7. The molecule has 150 valence electrons. The molecule has 0 unspecified atom stereocenters. The number of benzene rings is 1. The molecule has 7 nitrogen and oxygen atoms in total. The van der Waals surface area contributed by atoms with Gasteiger partial charge in [-0.2, -0.15) is 0 Å². The number of aliphatic imine (C=N–C) groups is 1. The van der Waals surface area contributed by atoms with Gasteiger partial charge in [-0.3, -0.25) is 9.79 Å². The predicted octanol–water partition coefficient (Wildman–Crippen LogP) is 1.69. The highest BCUT2D eigenvalue weighted by Gasteiger charge is 2.22. The summed E-state index contributed by atoms with van der Waals surface area (Å²) >= 11 is 0. The van der Waals surface area contributed by atoms with E-state index >= 15 is 0 Å². The molecule has 0 spiro atoms. The summed E-state index contributed by atoms with van der Waals surface area (Å²) in [6, 6.07) is 6.74. The van der Waals surface area contributed by atoms with E-state index in [0.717, 1.165) is 12.1 Å². The number of amides is 1. The van der Waals surface area contributed by atoms with Crippen molar-refractivity contribution < 1.29 is 18.0 Å². The Labute approximate surface area is 162 Å². The van der Waals surface area contributed by atoms with Crippen LogP contribution in [0.15, 0.2) is 46.0 Å². The molecule has 1 fully saturated rings. The number of carbonyl (C=O) groups excluding carboxylic acids is 1. The summed E-state index contributed by atoms with van der Waals surface area (Å²) in [6.45, 7) is 3.25. The number of nitrogens with zero attached hydrogens (tertiary/aromatic N) is 3. The highest BCUT2D eigenvalue weighted by atomic mass is 19.1. The van der Waals surface area contributed by atoms with E-state index in [-0.39, 0.29) is 17.4 Å². The smallest absolute Gasteiger partial charge is 0.287 e. The summed E-state index contributed by atoms with van der Waals surface area (Å²) in [4.78, 5) is 19.9. The van der Waals surface area contributed by atoms with Gasteiger partial charge in [-0.25, -0.2) is 8.78 Å². The van der Waals surface area contributed by atoms with Gasteiger partial charge in [0.1, 0.15) is 11.6 Å². The SMILES string of the molecule is CN=C(NCCNC(=O)c1ccco1)N1CCN(c2cc(F)ccc2F)CC1. The predicted molar refractivity (Wildman–Crippen MR) is 103 cm³/mol. The van der Waals surface area contributed by atoms with E-state index in [1.165, 1.54) is 12.3 Å². The van der Waals surface area contributed by atoms with Crippen LogP contribution >= 0.6 is 0 Å². The number of halogens is 2. The zero-order chi connectivity index (χ0) is 19.9. The van der Waals surface area contributed by atoms with Gasteiger partial charge in [0.05, 0.1) is 12.0 Å². The molecule has 2 heterocycles. The van der Waals surface area contributed by atoms with E-state index in [1.54, 1.807) is 19.2 Å². The van der Waals surface area contributed by atoms with Crippen molar-refractivity contribution in [3.05, 3.63) is 54.0 Å². The van der Waals surface area contributed by atoms with E-state index in [1.807, 2.05) is 9.80 Å². The number of carbonyl (C=O) groups is 1. The molecular formula is C19H23F2N5O2. The minimum Gasteiger partial charge on any atom is -0.459 e. The molecule has 0 atom stereocenters. The van der Waals surface area contributed by atoms with Gasteiger partial charge in [-0.15, -0.1) is 0 Å². The Hall–Kier alpha value is -3.10. The molecule has 0 aliphatic carbocycles. The Morgan fingerprint density at radius 1 is 1.14 bits per heavy atom. The third-order valence-electron chi connectivity index (χ3n) is 4.48. The second-order valence-corrected chi connectivity index (χ2v) is 6.28. The number of nitrogens with one attached hydrogen (secondary N) is 2. The zero-order valence-electron chi connectivity index (χ0n) is 15.6. The number of furan rings is 1.